The molecular formula is C13H20S2. The zero-order valence-corrected chi connectivity index (χ0v) is 11.0. The number of hydrogen-bond acceptors (Lipinski definition) is 2. The van der Waals surface area contributed by atoms with Gasteiger partial charge < -0.3 is 0 Å². The third-order valence-electron chi connectivity index (χ3n) is 3.26. The second-order valence-electron chi connectivity index (χ2n) is 4.34. The van der Waals surface area contributed by atoms with E-state index < -0.39 is 0 Å². The van der Waals surface area contributed by atoms with Crippen molar-refractivity contribution in [1.82, 2.24) is 0 Å². The highest BCUT2D eigenvalue weighted by Gasteiger charge is 2.26. The summed E-state index contributed by atoms with van der Waals surface area (Å²) in [4.78, 5) is 0. The van der Waals surface area contributed by atoms with E-state index in [4.69, 9.17) is 0 Å². The molecule has 0 nitrogen and oxygen atoms in total. The lowest BCUT2D eigenvalue weighted by Crippen LogP contribution is -2.22. The SMILES string of the molecule is C=C=C(C1CCCCS1)C1CCCCS1. The van der Waals surface area contributed by atoms with Crippen LogP contribution < -0.4 is 0 Å². The van der Waals surface area contributed by atoms with Gasteiger partial charge in [-0.15, -0.1) is 5.73 Å². The smallest absolute Gasteiger partial charge is 0.0342 e. The van der Waals surface area contributed by atoms with Crippen LogP contribution in [0.15, 0.2) is 17.9 Å². The van der Waals surface area contributed by atoms with Crippen LogP contribution in [-0.2, 0) is 0 Å². The lowest BCUT2D eigenvalue weighted by atomic mass is 10.0. The van der Waals surface area contributed by atoms with Gasteiger partial charge >= 0.3 is 0 Å². The van der Waals surface area contributed by atoms with Crippen LogP contribution in [0.3, 0.4) is 0 Å². The molecular weight excluding hydrogens is 220 g/mol. The first-order valence-electron chi connectivity index (χ1n) is 6.05. The second-order valence-corrected chi connectivity index (χ2v) is 6.96. The van der Waals surface area contributed by atoms with Crippen molar-refractivity contribution in [2.24, 2.45) is 0 Å². The van der Waals surface area contributed by atoms with Gasteiger partial charge in [-0.2, -0.15) is 23.5 Å². The summed E-state index contributed by atoms with van der Waals surface area (Å²) in [6.45, 7) is 3.92. The maximum absolute atomic E-state index is 3.92. The monoisotopic (exact) mass is 240 g/mol. The van der Waals surface area contributed by atoms with Gasteiger partial charge in [-0.3, -0.25) is 0 Å². The molecule has 84 valence electrons. The van der Waals surface area contributed by atoms with Crippen LogP contribution in [0.2, 0.25) is 0 Å². The molecule has 2 aliphatic heterocycles. The molecule has 0 aromatic rings. The van der Waals surface area contributed by atoms with Crippen molar-refractivity contribution in [2.75, 3.05) is 11.5 Å². The van der Waals surface area contributed by atoms with E-state index in [9.17, 15) is 0 Å². The molecule has 0 aliphatic carbocycles. The van der Waals surface area contributed by atoms with E-state index in [1.807, 2.05) is 0 Å². The van der Waals surface area contributed by atoms with E-state index >= 15 is 0 Å². The Balaban J connectivity index is 1.99. The van der Waals surface area contributed by atoms with E-state index in [0.29, 0.717) is 0 Å². The van der Waals surface area contributed by atoms with E-state index in [1.165, 1.54) is 55.6 Å². The molecule has 2 saturated heterocycles. The molecule has 0 spiro atoms. The average Bonchev–Trinajstić information content (AvgIpc) is 2.33. The minimum absolute atomic E-state index is 0.742. The van der Waals surface area contributed by atoms with Crippen LogP contribution in [0.1, 0.15) is 38.5 Å². The van der Waals surface area contributed by atoms with Gasteiger partial charge in [0.15, 0.2) is 0 Å². The predicted molar refractivity (Wildman–Crippen MR) is 72.8 cm³/mol. The fraction of sp³-hybridized carbons (Fsp3) is 0.769. The Morgan fingerprint density at radius 2 is 1.47 bits per heavy atom. The van der Waals surface area contributed by atoms with Crippen LogP contribution >= 0.6 is 23.5 Å². The topological polar surface area (TPSA) is 0 Å². The van der Waals surface area contributed by atoms with Gasteiger partial charge in [0.25, 0.3) is 0 Å². The van der Waals surface area contributed by atoms with Crippen LogP contribution in [0, 0.1) is 0 Å². The molecule has 2 heteroatoms. The molecule has 2 heterocycles. The Hall–Kier alpha value is 0.220. The lowest BCUT2D eigenvalue weighted by molar-refractivity contribution is 0.654. The maximum atomic E-state index is 3.92. The number of hydrogen-bond donors (Lipinski definition) is 0. The molecule has 2 fully saturated rings. The molecule has 2 aliphatic rings. The fourth-order valence-electron chi connectivity index (χ4n) is 2.41. The zero-order valence-electron chi connectivity index (χ0n) is 9.34. The van der Waals surface area contributed by atoms with E-state index in [2.05, 4.69) is 35.8 Å². The average molecular weight is 240 g/mol. The van der Waals surface area contributed by atoms with Crippen molar-refractivity contribution < 1.29 is 0 Å². The first-order valence-corrected chi connectivity index (χ1v) is 8.14. The number of thioether (sulfide) groups is 2. The quantitative estimate of drug-likeness (QED) is 0.661. The summed E-state index contributed by atoms with van der Waals surface area (Å²) in [5, 5.41) is 1.48. The van der Waals surface area contributed by atoms with E-state index in [-0.39, 0.29) is 0 Å². The minimum atomic E-state index is 0.742. The molecule has 2 unspecified atom stereocenters. The highest BCUT2D eigenvalue weighted by molar-refractivity contribution is 8.01. The largest absolute Gasteiger partial charge is 0.153 e. The van der Waals surface area contributed by atoms with E-state index in [1.54, 1.807) is 0 Å². The van der Waals surface area contributed by atoms with Crippen LogP contribution in [0.4, 0.5) is 0 Å². The third-order valence-corrected chi connectivity index (χ3v) is 6.09. The van der Waals surface area contributed by atoms with Crippen LogP contribution in [-0.4, -0.2) is 22.0 Å². The van der Waals surface area contributed by atoms with Gasteiger partial charge in [-0.05, 0) is 42.8 Å². The Labute approximate surface area is 102 Å². The van der Waals surface area contributed by atoms with Crippen molar-refractivity contribution in [1.29, 1.82) is 0 Å². The molecule has 15 heavy (non-hydrogen) atoms. The van der Waals surface area contributed by atoms with Crippen LogP contribution in [0.25, 0.3) is 0 Å². The fourth-order valence-corrected chi connectivity index (χ4v) is 5.32. The van der Waals surface area contributed by atoms with Crippen molar-refractivity contribution in [3.8, 4) is 0 Å². The number of rotatable bonds is 2. The first-order chi connectivity index (χ1) is 7.42. The predicted octanol–water partition coefficient (Wildman–Crippen LogP) is 4.27. The molecule has 2 rings (SSSR count). The summed E-state index contributed by atoms with van der Waals surface area (Å²) in [6, 6.07) is 0. The van der Waals surface area contributed by atoms with Gasteiger partial charge in [-0.1, -0.05) is 19.4 Å². The first kappa shape index (κ1) is 11.7. The van der Waals surface area contributed by atoms with Gasteiger partial charge in [0.2, 0.25) is 0 Å². The molecule has 0 N–H and O–H groups in total. The summed E-state index contributed by atoms with van der Waals surface area (Å²) in [7, 11) is 0. The maximum Gasteiger partial charge on any atom is 0.0342 e. The van der Waals surface area contributed by atoms with Gasteiger partial charge in [0, 0.05) is 10.5 Å². The third kappa shape index (κ3) is 3.09. The standard InChI is InChI=1S/C13H20S2/c1-2-11(12-7-3-5-9-14-12)13-8-4-6-10-15-13/h12-13H,1,3-10H2. The van der Waals surface area contributed by atoms with Gasteiger partial charge in [0.05, 0.1) is 0 Å². The molecule has 0 radical (unpaired) electrons. The Bertz CT molecular complexity index is 221. The Kier molecular flexibility index (Phi) is 4.74. The molecule has 0 aromatic heterocycles. The van der Waals surface area contributed by atoms with Crippen LogP contribution in [0.5, 0.6) is 0 Å². The van der Waals surface area contributed by atoms with Gasteiger partial charge in [0.1, 0.15) is 0 Å². The lowest BCUT2D eigenvalue weighted by Gasteiger charge is -2.30. The van der Waals surface area contributed by atoms with Crippen molar-refractivity contribution >= 4 is 23.5 Å². The van der Waals surface area contributed by atoms with Crippen molar-refractivity contribution in [3.63, 3.8) is 0 Å². The molecule has 2 atom stereocenters. The van der Waals surface area contributed by atoms with Crippen molar-refractivity contribution in [2.45, 2.75) is 49.0 Å². The molecule has 0 amide bonds. The summed E-state index contributed by atoms with van der Waals surface area (Å²) < 4.78 is 0. The molecule has 0 saturated carbocycles. The second kappa shape index (κ2) is 6.08. The molecule has 0 aromatic carbocycles. The summed E-state index contributed by atoms with van der Waals surface area (Å²) in [5.41, 5.74) is 4.80. The Morgan fingerprint density at radius 1 is 0.933 bits per heavy atom. The highest BCUT2D eigenvalue weighted by atomic mass is 32.2. The highest BCUT2D eigenvalue weighted by Crippen LogP contribution is 2.38. The zero-order chi connectivity index (χ0) is 10.5. The summed E-state index contributed by atoms with van der Waals surface area (Å²) in [6.07, 6.45) is 8.34. The van der Waals surface area contributed by atoms with Crippen molar-refractivity contribution in [3.05, 3.63) is 17.9 Å². The summed E-state index contributed by atoms with van der Waals surface area (Å²) in [5.74, 6) is 2.68. The summed E-state index contributed by atoms with van der Waals surface area (Å²) >= 11 is 4.27. The van der Waals surface area contributed by atoms with Gasteiger partial charge in [-0.25, -0.2) is 0 Å². The molecule has 0 bridgehead atoms. The Morgan fingerprint density at radius 3 is 1.80 bits per heavy atom. The minimum Gasteiger partial charge on any atom is -0.153 e. The van der Waals surface area contributed by atoms with E-state index in [0.717, 1.165) is 10.5 Å². The normalized spacial score (nSPS) is 32.0.